The molecule has 0 saturated heterocycles. The zero-order chi connectivity index (χ0) is 15.4. The van der Waals surface area contributed by atoms with E-state index in [0.29, 0.717) is 12.2 Å². The minimum Gasteiger partial charge on any atom is -0.357 e. The van der Waals surface area contributed by atoms with Crippen LogP contribution in [0.5, 0.6) is 0 Å². The average Bonchev–Trinajstić information content (AvgIpc) is 3.26. The maximum Gasteiger partial charge on any atom is 0.275 e. The third-order valence-electron chi connectivity index (χ3n) is 5.18. The van der Waals surface area contributed by atoms with Crippen LogP contribution >= 0.6 is 0 Å². The molecular weight excluding hydrogens is 288 g/mol. The molecule has 23 heavy (non-hydrogen) atoms. The summed E-state index contributed by atoms with van der Waals surface area (Å²) < 4.78 is 0. The van der Waals surface area contributed by atoms with E-state index in [1.807, 2.05) is 11.0 Å². The van der Waals surface area contributed by atoms with Crippen LogP contribution in [0.15, 0.2) is 24.3 Å². The number of aryl methyl sites for hydroxylation is 1. The van der Waals surface area contributed by atoms with Crippen molar-refractivity contribution in [1.29, 1.82) is 0 Å². The van der Waals surface area contributed by atoms with Gasteiger partial charge in [-0.1, -0.05) is 18.2 Å². The van der Waals surface area contributed by atoms with Gasteiger partial charge in [0.05, 0.1) is 6.54 Å². The number of hydrogen-bond donors (Lipinski definition) is 2. The number of nitrogens with one attached hydrogen (secondary N) is 2. The maximum atomic E-state index is 12.9. The van der Waals surface area contributed by atoms with Crippen LogP contribution in [0.3, 0.4) is 0 Å². The lowest BCUT2D eigenvalue weighted by Gasteiger charge is -2.26. The smallest absolute Gasteiger partial charge is 0.275 e. The van der Waals surface area contributed by atoms with Crippen molar-refractivity contribution in [2.45, 2.75) is 32.2 Å². The van der Waals surface area contributed by atoms with E-state index in [1.165, 1.54) is 10.9 Å². The molecular formula is C18H18N4O. The Morgan fingerprint density at radius 2 is 2.00 bits per heavy atom. The van der Waals surface area contributed by atoms with Gasteiger partial charge in [0.1, 0.15) is 0 Å². The highest BCUT2D eigenvalue weighted by atomic mass is 16.2. The normalized spacial score (nSPS) is 16.6. The number of para-hydroxylation sites is 1. The summed E-state index contributed by atoms with van der Waals surface area (Å²) in [5.74, 6) is 0.0636. The first-order valence-electron chi connectivity index (χ1n) is 8.25. The molecule has 2 aliphatic rings. The van der Waals surface area contributed by atoms with Gasteiger partial charge in [-0.15, -0.1) is 0 Å². The lowest BCUT2D eigenvalue weighted by molar-refractivity contribution is 0.0726. The Labute approximate surface area is 133 Å². The van der Waals surface area contributed by atoms with Crippen LogP contribution in [-0.4, -0.2) is 32.5 Å². The molecule has 3 aromatic rings. The molecule has 0 radical (unpaired) electrons. The van der Waals surface area contributed by atoms with Crippen LogP contribution in [0.2, 0.25) is 0 Å². The molecule has 1 aliphatic carbocycles. The summed E-state index contributed by atoms with van der Waals surface area (Å²) in [6.07, 6.45) is 4.01. The summed E-state index contributed by atoms with van der Waals surface area (Å²) in [5.41, 5.74) is 6.61. The van der Waals surface area contributed by atoms with Crippen molar-refractivity contribution >= 4 is 16.8 Å². The first-order chi connectivity index (χ1) is 11.3. The zero-order valence-electron chi connectivity index (χ0n) is 12.9. The van der Waals surface area contributed by atoms with Gasteiger partial charge in [-0.05, 0) is 37.3 Å². The van der Waals surface area contributed by atoms with Crippen LogP contribution in [0.25, 0.3) is 10.9 Å². The van der Waals surface area contributed by atoms with Crippen LogP contribution < -0.4 is 0 Å². The monoisotopic (exact) mass is 306 g/mol. The average molecular weight is 306 g/mol. The van der Waals surface area contributed by atoms with Gasteiger partial charge in [-0.2, -0.15) is 5.10 Å². The Bertz CT molecular complexity index is 920. The number of carbonyl (C=O) groups excluding carboxylic acids is 1. The molecule has 0 fully saturated rings. The van der Waals surface area contributed by atoms with E-state index in [4.69, 9.17) is 0 Å². The Hall–Kier alpha value is -2.56. The molecule has 2 N–H and O–H groups in total. The Morgan fingerprint density at radius 1 is 1.09 bits per heavy atom. The molecule has 1 aromatic carbocycles. The second-order valence-corrected chi connectivity index (χ2v) is 6.49. The second kappa shape index (κ2) is 4.72. The van der Waals surface area contributed by atoms with E-state index < -0.39 is 0 Å². The molecule has 0 saturated carbocycles. The van der Waals surface area contributed by atoms with Gasteiger partial charge in [0.25, 0.3) is 5.91 Å². The minimum atomic E-state index is 0.0636. The van der Waals surface area contributed by atoms with E-state index in [2.05, 4.69) is 33.4 Å². The predicted octanol–water partition coefficient (Wildman–Crippen LogP) is 2.58. The second-order valence-electron chi connectivity index (χ2n) is 6.49. The summed E-state index contributed by atoms with van der Waals surface area (Å²) in [5, 5.41) is 8.61. The number of aromatic amines is 2. The number of nitrogens with zero attached hydrogens (tertiary/aromatic N) is 2. The number of amides is 1. The van der Waals surface area contributed by atoms with Gasteiger partial charge < -0.3 is 9.88 Å². The lowest BCUT2D eigenvalue weighted by atomic mass is 10.0. The molecule has 5 nitrogen and oxygen atoms in total. The van der Waals surface area contributed by atoms with Gasteiger partial charge in [0, 0.05) is 34.4 Å². The third kappa shape index (κ3) is 1.86. The predicted molar refractivity (Wildman–Crippen MR) is 87.4 cm³/mol. The van der Waals surface area contributed by atoms with Crippen LogP contribution in [-0.2, 0) is 25.8 Å². The highest BCUT2D eigenvalue weighted by Gasteiger charge is 2.29. The molecule has 1 aliphatic heterocycles. The standard InChI is InChI=1S/C18H18N4O/c23-18(17-13-5-3-7-15(13)20-21-17)22-9-8-12-11-4-1-2-6-14(11)19-16(12)10-22/h1-2,4,6,19H,3,5,7-10H2,(H,20,21). The number of rotatable bonds is 1. The Balaban J connectivity index is 1.48. The van der Waals surface area contributed by atoms with Crippen molar-refractivity contribution in [3.05, 3.63) is 52.5 Å². The van der Waals surface area contributed by atoms with E-state index in [1.54, 1.807) is 0 Å². The number of benzene rings is 1. The lowest BCUT2D eigenvalue weighted by Crippen LogP contribution is -2.36. The first kappa shape index (κ1) is 12.9. The highest BCUT2D eigenvalue weighted by molar-refractivity contribution is 5.94. The molecule has 5 rings (SSSR count). The summed E-state index contributed by atoms with van der Waals surface area (Å²) in [6.45, 7) is 1.40. The molecule has 3 heterocycles. The summed E-state index contributed by atoms with van der Waals surface area (Å²) in [7, 11) is 0. The van der Waals surface area contributed by atoms with Crippen molar-refractivity contribution in [2.24, 2.45) is 0 Å². The minimum absolute atomic E-state index is 0.0636. The molecule has 0 atom stereocenters. The fourth-order valence-electron chi connectivity index (χ4n) is 4.01. The van der Waals surface area contributed by atoms with Crippen molar-refractivity contribution < 1.29 is 4.79 Å². The van der Waals surface area contributed by atoms with E-state index in [9.17, 15) is 4.79 Å². The molecule has 116 valence electrons. The Kier molecular flexibility index (Phi) is 2.65. The molecule has 0 bridgehead atoms. The number of fused-ring (bicyclic) bond motifs is 4. The van der Waals surface area contributed by atoms with Gasteiger partial charge in [-0.25, -0.2) is 0 Å². The number of hydrogen-bond acceptors (Lipinski definition) is 2. The first-order valence-corrected chi connectivity index (χ1v) is 8.25. The molecule has 0 unspecified atom stereocenters. The summed E-state index contributed by atoms with van der Waals surface area (Å²) >= 11 is 0. The largest absolute Gasteiger partial charge is 0.357 e. The van der Waals surface area contributed by atoms with Gasteiger partial charge in [-0.3, -0.25) is 9.89 Å². The van der Waals surface area contributed by atoms with E-state index in [0.717, 1.165) is 54.7 Å². The quantitative estimate of drug-likeness (QED) is 0.726. The topological polar surface area (TPSA) is 64.8 Å². The fourth-order valence-corrected chi connectivity index (χ4v) is 4.01. The third-order valence-corrected chi connectivity index (χ3v) is 5.18. The molecule has 5 heteroatoms. The Morgan fingerprint density at radius 3 is 2.96 bits per heavy atom. The van der Waals surface area contributed by atoms with E-state index >= 15 is 0 Å². The molecule has 1 amide bonds. The highest BCUT2D eigenvalue weighted by Crippen LogP contribution is 2.29. The molecule has 2 aromatic heterocycles. The summed E-state index contributed by atoms with van der Waals surface area (Å²) in [4.78, 5) is 18.3. The fraction of sp³-hybridized carbons (Fsp3) is 0.333. The van der Waals surface area contributed by atoms with Gasteiger partial charge in [0.15, 0.2) is 5.69 Å². The molecule has 0 spiro atoms. The van der Waals surface area contributed by atoms with Crippen molar-refractivity contribution in [2.75, 3.05) is 6.54 Å². The number of carbonyl (C=O) groups is 1. The van der Waals surface area contributed by atoms with E-state index in [-0.39, 0.29) is 5.91 Å². The number of aromatic nitrogens is 3. The van der Waals surface area contributed by atoms with Crippen LogP contribution in [0.4, 0.5) is 0 Å². The van der Waals surface area contributed by atoms with Gasteiger partial charge >= 0.3 is 0 Å². The van der Waals surface area contributed by atoms with Crippen molar-refractivity contribution in [1.82, 2.24) is 20.1 Å². The van der Waals surface area contributed by atoms with Crippen molar-refractivity contribution in [3.8, 4) is 0 Å². The maximum absolute atomic E-state index is 12.9. The zero-order valence-corrected chi connectivity index (χ0v) is 12.9. The van der Waals surface area contributed by atoms with Crippen LogP contribution in [0, 0.1) is 0 Å². The van der Waals surface area contributed by atoms with Crippen molar-refractivity contribution in [3.63, 3.8) is 0 Å². The summed E-state index contributed by atoms with van der Waals surface area (Å²) in [6, 6.07) is 8.37. The van der Waals surface area contributed by atoms with Gasteiger partial charge in [0.2, 0.25) is 0 Å². The number of H-pyrrole nitrogens is 2. The van der Waals surface area contributed by atoms with Crippen LogP contribution in [0.1, 0.15) is 39.4 Å². The SMILES string of the molecule is O=C(c1n[nH]c2c1CCC2)N1CCc2c([nH]c3ccccc23)C1.